The number of ether oxygens (including phenoxy) is 1. The predicted molar refractivity (Wildman–Crippen MR) is 126 cm³/mol. The predicted octanol–water partition coefficient (Wildman–Crippen LogP) is 5.35. The molecule has 9 heteroatoms. The Kier molecular flexibility index (Phi) is 5.26. The first-order chi connectivity index (χ1) is 16.0. The van der Waals surface area contributed by atoms with Crippen molar-refractivity contribution in [1.29, 1.82) is 0 Å². The van der Waals surface area contributed by atoms with E-state index in [0.29, 0.717) is 24.0 Å². The van der Waals surface area contributed by atoms with Gasteiger partial charge in [0.15, 0.2) is 11.5 Å². The lowest BCUT2D eigenvalue weighted by molar-refractivity contribution is -0.386. The Morgan fingerprint density at radius 2 is 1.94 bits per heavy atom. The average Bonchev–Trinajstić information content (AvgIpc) is 3.28. The number of rotatable bonds is 4. The SMILES string of the molecule is COc1cc([C@H]2Nc3ccccc3NC3=C2C(=O)C[C@H](c2cccs2)C3)cc([N+](=O)[O-])c1O. The minimum Gasteiger partial charge on any atom is -0.500 e. The van der Waals surface area contributed by atoms with Crippen LogP contribution in [0.5, 0.6) is 11.5 Å². The molecule has 3 N–H and O–H groups in total. The number of nitrogens with one attached hydrogen (secondary N) is 2. The number of hydrogen-bond acceptors (Lipinski definition) is 8. The number of phenolic OH excluding ortho intramolecular Hbond substituents is 1. The molecule has 168 valence electrons. The summed E-state index contributed by atoms with van der Waals surface area (Å²) in [5, 5.41) is 30.7. The van der Waals surface area contributed by atoms with Crippen LogP contribution in [0.1, 0.15) is 35.2 Å². The Morgan fingerprint density at radius 3 is 2.64 bits per heavy atom. The molecule has 0 saturated heterocycles. The van der Waals surface area contributed by atoms with Crippen molar-refractivity contribution in [2.75, 3.05) is 17.7 Å². The highest BCUT2D eigenvalue weighted by Gasteiger charge is 2.37. The van der Waals surface area contributed by atoms with Gasteiger partial charge in [-0.1, -0.05) is 18.2 Å². The number of benzene rings is 2. The number of hydrogen-bond donors (Lipinski definition) is 3. The number of thiophene rings is 1. The summed E-state index contributed by atoms with van der Waals surface area (Å²) in [6, 6.07) is 13.8. The zero-order valence-electron chi connectivity index (χ0n) is 17.7. The van der Waals surface area contributed by atoms with E-state index in [1.165, 1.54) is 19.2 Å². The van der Waals surface area contributed by atoms with Gasteiger partial charge >= 0.3 is 5.69 Å². The number of nitro benzene ring substituents is 1. The fourth-order valence-electron chi connectivity index (χ4n) is 4.54. The lowest BCUT2D eigenvalue weighted by Crippen LogP contribution is -2.26. The van der Waals surface area contributed by atoms with E-state index in [1.54, 1.807) is 11.3 Å². The van der Waals surface area contributed by atoms with Gasteiger partial charge in [0, 0.05) is 34.6 Å². The maximum Gasteiger partial charge on any atom is 0.315 e. The van der Waals surface area contributed by atoms with E-state index in [9.17, 15) is 20.0 Å². The van der Waals surface area contributed by atoms with Gasteiger partial charge < -0.3 is 20.5 Å². The second-order valence-electron chi connectivity index (χ2n) is 8.03. The van der Waals surface area contributed by atoms with Crippen molar-refractivity contribution in [3.05, 3.63) is 85.7 Å². The number of nitrogens with zero attached hydrogens (tertiary/aromatic N) is 1. The van der Waals surface area contributed by atoms with Gasteiger partial charge in [0.2, 0.25) is 5.75 Å². The number of para-hydroxylation sites is 2. The lowest BCUT2D eigenvalue weighted by atomic mass is 9.80. The van der Waals surface area contributed by atoms with Crippen LogP contribution in [0.15, 0.2) is 65.2 Å². The average molecular weight is 464 g/mol. The van der Waals surface area contributed by atoms with Gasteiger partial charge in [-0.3, -0.25) is 14.9 Å². The fourth-order valence-corrected chi connectivity index (χ4v) is 5.37. The molecular formula is C24H21N3O5S. The van der Waals surface area contributed by atoms with Crippen LogP contribution in [0.4, 0.5) is 17.1 Å². The van der Waals surface area contributed by atoms with Crippen LogP contribution >= 0.6 is 11.3 Å². The van der Waals surface area contributed by atoms with Crippen LogP contribution in [0.2, 0.25) is 0 Å². The summed E-state index contributed by atoms with van der Waals surface area (Å²) in [7, 11) is 1.34. The van der Waals surface area contributed by atoms with Crippen molar-refractivity contribution in [2.45, 2.75) is 24.8 Å². The first kappa shape index (κ1) is 21.0. The summed E-state index contributed by atoms with van der Waals surface area (Å²) in [5.41, 5.74) is 2.92. The number of ketones is 1. The Bertz CT molecular complexity index is 1290. The minimum atomic E-state index is -0.658. The molecule has 0 amide bonds. The topological polar surface area (TPSA) is 114 Å². The van der Waals surface area contributed by atoms with E-state index < -0.39 is 22.4 Å². The highest BCUT2D eigenvalue weighted by Crippen LogP contribution is 2.47. The first-order valence-corrected chi connectivity index (χ1v) is 11.3. The standard InChI is InChI=1S/C24H21N3O5S/c1-32-20-12-14(10-18(24(20)29)27(30)31)23-22-17(25-15-5-2-3-6-16(15)26-23)9-13(11-19(22)28)21-7-4-8-33-21/h2-8,10,12-13,23,25-26,29H,9,11H2,1H3/t13-,23-/m1/s1. The molecule has 0 saturated carbocycles. The van der Waals surface area contributed by atoms with Gasteiger partial charge in [0.25, 0.3) is 0 Å². The monoisotopic (exact) mass is 463 g/mol. The minimum absolute atomic E-state index is 0.0200. The summed E-state index contributed by atoms with van der Waals surface area (Å²) in [4.78, 5) is 25.6. The van der Waals surface area contributed by atoms with Crippen molar-refractivity contribution in [1.82, 2.24) is 0 Å². The number of allylic oxidation sites excluding steroid dienone is 1. The van der Waals surface area contributed by atoms with Gasteiger partial charge in [-0.25, -0.2) is 0 Å². The third-order valence-corrected chi connectivity index (χ3v) is 7.12. The second kappa shape index (κ2) is 8.25. The molecule has 0 bridgehead atoms. The quantitative estimate of drug-likeness (QED) is 0.353. The smallest absolute Gasteiger partial charge is 0.315 e. The molecule has 1 aromatic heterocycles. The van der Waals surface area contributed by atoms with Crippen molar-refractivity contribution >= 4 is 34.2 Å². The second-order valence-corrected chi connectivity index (χ2v) is 9.01. The number of aromatic hydroxyl groups is 1. The molecule has 2 aromatic carbocycles. The van der Waals surface area contributed by atoms with Crippen molar-refractivity contribution in [3.8, 4) is 11.5 Å². The number of carbonyl (C=O) groups is 1. The van der Waals surface area contributed by atoms with E-state index in [1.807, 2.05) is 41.8 Å². The summed E-state index contributed by atoms with van der Waals surface area (Å²) < 4.78 is 5.20. The van der Waals surface area contributed by atoms with Crippen LogP contribution in [0, 0.1) is 10.1 Å². The number of anilines is 2. The number of methoxy groups -OCH3 is 1. The maximum absolute atomic E-state index is 13.5. The summed E-state index contributed by atoms with van der Waals surface area (Å²) >= 11 is 1.63. The zero-order valence-corrected chi connectivity index (χ0v) is 18.5. The Balaban J connectivity index is 1.68. The zero-order chi connectivity index (χ0) is 23.1. The molecule has 2 aliphatic rings. The van der Waals surface area contributed by atoms with Crippen molar-refractivity contribution in [3.63, 3.8) is 0 Å². The van der Waals surface area contributed by atoms with Gasteiger partial charge in [-0.05, 0) is 41.6 Å². The summed E-state index contributed by atoms with van der Waals surface area (Å²) in [5.74, 6) is -0.519. The van der Waals surface area contributed by atoms with E-state index in [0.717, 1.165) is 21.9 Å². The van der Waals surface area contributed by atoms with E-state index in [-0.39, 0.29) is 17.5 Å². The van der Waals surface area contributed by atoms with Crippen molar-refractivity contribution < 1.29 is 19.6 Å². The molecule has 0 spiro atoms. The van der Waals surface area contributed by atoms with Crippen molar-refractivity contribution in [2.24, 2.45) is 0 Å². The molecule has 2 heterocycles. The van der Waals surface area contributed by atoms with Gasteiger partial charge in [-0.15, -0.1) is 11.3 Å². The van der Waals surface area contributed by atoms with Crippen LogP contribution in [0.25, 0.3) is 0 Å². The maximum atomic E-state index is 13.5. The summed E-state index contributed by atoms with van der Waals surface area (Å²) in [6.45, 7) is 0. The number of Topliss-reactive ketones (excluding diaryl/α,β-unsaturated/α-hetero) is 1. The third-order valence-electron chi connectivity index (χ3n) is 6.08. The number of carbonyl (C=O) groups excluding carboxylic acids is 1. The molecule has 5 rings (SSSR count). The van der Waals surface area contributed by atoms with E-state index in [2.05, 4.69) is 10.6 Å². The fraction of sp³-hybridized carbons (Fsp3) is 0.208. The molecule has 0 radical (unpaired) electrons. The Morgan fingerprint density at radius 1 is 1.15 bits per heavy atom. The van der Waals surface area contributed by atoms with Crippen LogP contribution in [-0.4, -0.2) is 22.9 Å². The largest absolute Gasteiger partial charge is 0.500 e. The summed E-state index contributed by atoms with van der Waals surface area (Å²) in [6.07, 6.45) is 0.998. The van der Waals surface area contributed by atoms with Gasteiger partial charge in [-0.2, -0.15) is 0 Å². The molecule has 1 aliphatic heterocycles. The molecule has 2 atom stereocenters. The van der Waals surface area contributed by atoms with Gasteiger partial charge in [0.1, 0.15) is 0 Å². The number of nitro groups is 1. The highest BCUT2D eigenvalue weighted by molar-refractivity contribution is 7.10. The number of fused-ring (bicyclic) bond motifs is 1. The molecule has 1 aliphatic carbocycles. The molecule has 0 unspecified atom stereocenters. The Labute approximate surface area is 193 Å². The molecule has 33 heavy (non-hydrogen) atoms. The van der Waals surface area contributed by atoms with Gasteiger partial charge in [0.05, 0.1) is 29.4 Å². The molecule has 0 fully saturated rings. The molecule has 8 nitrogen and oxygen atoms in total. The molecular weight excluding hydrogens is 442 g/mol. The third kappa shape index (κ3) is 3.70. The highest BCUT2D eigenvalue weighted by atomic mass is 32.1. The van der Waals surface area contributed by atoms with E-state index >= 15 is 0 Å². The lowest BCUT2D eigenvalue weighted by Gasteiger charge is -2.29. The Hall–Kier alpha value is -3.85. The molecule has 3 aromatic rings. The first-order valence-electron chi connectivity index (χ1n) is 10.4. The van der Waals surface area contributed by atoms with E-state index in [4.69, 9.17) is 4.74 Å². The number of phenols is 1. The normalized spacial score (nSPS) is 19.6. The van der Waals surface area contributed by atoms with Crippen LogP contribution < -0.4 is 15.4 Å². The van der Waals surface area contributed by atoms with Crippen LogP contribution in [-0.2, 0) is 4.79 Å². The van der Waals surface area contributed by atoms with Crippen LogP contribution in [0.3, 0.4) is 0 Å².